The van der Waals surface area contributed by atoms with Crippen molar-refractivity contribution in [3.63, 3.8) is 0 Å². The van der Waals surface area contributed by atoms with Crippen LogP contribution in [0, 0.1) is 23.4 Å². The topological polar surface area (TPSA) is 63.4 Å². The van der Waals surface area contributed by atoms with Crippen LogP contribution in [0.4, 0.5) is 13.2 Å². The molecule has 0 saturated carbocycles. The third-order valence-corrected chi connectivity index (χ3v) is 3.42. The number of hydrogen-bond acceptors (Lipinski definition) is 2. The van der Waals surface area contributed by atoms with Gasteiger partial charge in [0, 0.05) is 24.6 Å². The number of amides is 2. The van der Waals surface area contributed by atoms with Gasteiger partial charge in [-0.1, -0.05) is 0 Å². The molecular formula is C13H13F3N2O2. The highest BCUT2D eigenvalue weighted by Gasteiger charge is 2.27. The largest absolute Gasteiger partial charge is 0.369 e. The van der Waals surface area contributed by atoms with E-state index in [0.29, 0.717) is 25.0 Å². The molecule has 2 rings (SSSR count). The molecule has 1 saturated heterocycles. The lowest BCUT2D eigenvalue weighted by Crippen LogP contribution is -2.41. The highest BCUT2D eigenvalue weighted by Crippen LogP contribution is 2.20. The summed E-state index contributed by atoms with van der Waals surface area (Å²) in [4.78, 5) is 24.4. The van der Waals surface area contributed by atoms with Gasteiger partial charge in [0.05, 0.1) is 0 Å². The monoisotopic (exact) mass is 286 g/mol. The smallest absolute Gasteiger partial charge is 0.254 e. The van der Waals surface area contributed by atoms with Crippen molar-refractivity contribution in [3.8, 4) is 0 Å². The van der Waals surface area contributed by atoms with Crippen molar-refractivity contribution in [2.24, 2.45) is 11.7 Å². The third-order valence-electron chi connectivity index (χ3n) is 3.42. The Kier molecular flexibility index (Phi) is 3.96. The molecule has 4 nitrogen and oxygen atoms in total. The number of nitrogens with two attached hydrogens (primary N) is 1. The Morgan fingerprint density at radius 1 is 1.10 bits per heavy atom. The summed E-state index contributed by atoms with van der Waals surface area (Å²) >= 11 is 0. The summed E-state index contributed by atoms with van der Waals surface area (Å²) in [5, 5.41) is 0. The number of rotatable bonds is 2. The van der Waals surface area contributed by atoms with Crippen LogP contribution in [0.3, 0.4) is 0 Å². The number of carbonyl (C=O) groups is 2. The van der Waals surface area contributed by atoms with Crippen LogP contribution >= 0.6 is 0 Å². The predicted molar refractivity (Wildman–Crippen MR) is 64.1 cm³/mol. The van der Waals surface area contributed by atoms with Gasteiger partial charge in [-0.25, -0.2) is 13.2 Å². The van der Waals surface area contributed by atoms with Crippen molar-refractivity contribution in [2.45, 2.75) is 12.8 Å². The number of likely N-dealkylation sites (tertiary alicyclic amines) is 1. The molecule has 1 aromatic rings. The molecule has 2 amide bonds. The van der Waals surface area contributed by atoms with Gasteiger partial charge in [-0.3, -0.25) is 9.59 Å². The maximum Gasteiger partial charge on any atom is 0.254 e. The average Bonchev–Trinajstić information content (AvgIpc) is 2.43. The summed E-state index contributed by atoms with van der Waals surface area (Å²) in [6.45, 7) is 0.542. The molecule has 0 spiro atoms. The van der Waals surface area contributed by atoms with E-state index < -0.39 is 29.3 Å². The van der Waals surface area contributed by atoms with Crippen molar-refractivity contribution in [3.05, 3.63) is 35.1 Å². The average molecular weight is 286 g/mol. The van der Waals surface area contributed by atoms with E-state index in [-0.39, 0.29) is 24.6 Å². The highest BCUT2D eigenvalue weighted by molar-refractivity contribution is 5.94. The standard InChI is InChI=1S/C13H13F3N2O2/c14-9-5-8(6-10(15)11(9)16)13(20)18-3-1-7(2-4-18)12(17)19/h5-7H,1-4H2,(H2,17,19). The minimum atomic E-state index is -1.60. The third kappa shape index (κ3) is 2.76. The second-order valence-corrected chi connectivity index (χ2v) is 4.72. The molecule has 2 N–H and O–H groups in total. The Balaban J connectivity index is 2.11. The SMILES string of the molecule is NC(=O)C1CCN(C(=O)c2cc(F)c(F)c(F)c2)CC1. The van der Waals surface area contributed by atoms with Crippen LogP contribution < -0.4 is 5.73 Å². The molecule has 20 heavy (non-hydrogen) atoms. The maximum atomic E-state index is 13.1. The van der Waals surface area contributed by atoms with Crippen LogP contribution in [0.25, 0.3) is 0 Å². The van der Waals surface area contributed by atoms with Crippen molar-refractivity contribution in [1.82, 2.24) is 4.90 Å². The van der Waals surface area contributed by atoms with Crippen molar-refractivity contribution in [2.75, 3.05) is 13.1 Å². The zero-order chi connectivity index (χ0) is 14.9. The van der Waals surface area contributed by atoms with Crippen LogP contribution in [0.1, 0.15) is 23.2 Å². The first-order valence-electron chi connectivity index (χ1n) is 6.13. The van der Waals surface area contributed by atoms with Gasteiger partial charge in [-0.2, -0.15) is 0 Å². The van der Waals surface area contributed by atoms with E-state index in [9.17, 15) is 22.8 Å². The molecule has 108 valence electrons. The second-order valence-electron chi connectivity index (χ2n) is 4.72. The fraction of sp³-hybridized carbons (Fsp3) is 0.385. The molecule has 0 bridgehead atoms. The minimum Gasteiger partial charge on any atom is -0.369 e. The lowest BCUT2D eigenvalue weighted by Gasteiger charge is -2.30. The Hall–Kier alpha value is -2.05. The second kappa shape index (κ2) is 5.52. The van der Waals surface area contributed by atoms with Crippen LogP contribution in [0.15, 0.2) is 12.1 Å². The number of halogens is 3. The van der Waals surface area contributed by atoms with Crippen LogP contribution in [0.2, 0.25) is 0 Å². The Labute approximate surface area is 113 Å². The fourth-order valence-electron chi connectivity index (χ4n) is 2.23. The van der Waals surface area contributed by atoms with Gasteiger partial charge in [0.25, 0.3) is 5.91 Å². The number of hydrogen-bond donors (Lipinski definition) is 1. The molecule has 0 aromatic heterocycles. The normalized spacial score (nSPS) is 16.2. The lowest BCUT2D eigenvalue weighted by molar-refractivity contribution is -0.123. The van der Waals surface area contributed by atoms with Crippen LogP contribution in [-0.2, 0) is 4.79 Å². The van der Waals surface area contributed by atoms with E-state index in [2.05, 4.69) is 0 Å². The molecule has 1 fully saturated rings. The minimum absolute atomic E-state index is 0.251. The summed E-state index contributed by atoms with van der Waals surface area (Å²) in [6.07, 6.45) is 0.820. The molecule has 0 radical (unpaired) electrons. The number of primary amides is 1. The summed E-state index contributed by atoms with van der Waals surface area (Å²) in [5.41, 5.74) is 4.92. The Morgan fingerprint density at radius 2 is 1.60 bits per heavy atom. The fourth-order valence-corrected chi connectivity index (χ4v) is 2.23. The van der Waals surface area contributed by atoms with Crippen LogP contribution in [-0.4, -0.2) is 29.8 Å². The number of benzene rings is 1. The number of carbonyl (C=O) groups excluding carboxylic acids is 2. The van der Waals surface area contributed by atoms with E-state index in [0.717, 1.165) is 0 Å². The van der Waals surface area contributed by atoms with Gasteiger partial charge < -0.3 is 10.6 Å². The van der Waals surface area contributed by atoms with Crippen LogP contribution in [0.5, 0.6) is 0 Å². The number of piperidine rings is 1. The molecule has 7 heteroatoms. The van der Waals surface area contributed by atoms with Gasteiger partial charge in [0.2, 0.25) is 5.91 Å². The molecule has 0 unspecified atom stereocenters. The van der Waals surface area contributed by atoms with E-state index in [1.165, 1.54) is 4.90 Å². The summed E-state index contributed by atoms with van der Waals surface area (Å²) in [5.74, 6) is -5.71. The van der Waals surface area contributed by atoms with Crippen molar-refractivity contribution >= 4 is 11.8 Å². The molecule has 1 aliphatic heterocycles. The zero-order valence-electron chi connectivity index (χ0n) is 10.5. The van der Waals surface area contributed by atoms with E-state index in [4.69, 9.17) is 5.73 Å². The molecule has 0 aliphatic carbocycles. The molecule has 1 heterocycles. The Morgan fingerprint density at radius 3 is 2.05 bits per heavy atom. The van der Waals surface area contributed by atoms with Gasteiger partial charge in [0.1, 0.15) is 0 Å². The first-order valence-corrected chi connectivity index (χ1v) is 6.13. The maximum absolute atomic E-state index is 13.1. The molecule has 1 aromatic carbocycles. The lowest BCUT2D eigenvalue weighted by atomic mass is 9.96. The Bertz CT molecular complexity index is 532. The van der Waals surface area contributed by atoms with E-state index in [1.54, 1.807) is 0 Å². The van der Waals surface area contributed by atoms with Crippen molar-refractivity contribution in [1.29, 1.82) is 0 Å². The first kappa shape index (κ1) is 14.4. The quantitative estimate of drug-likeness (QED) is 0.836. The first-order chi connectivity index (χ1) is 9.40. The predicted octanol–water partition coefficient (Wildman–Crippen LogP) is 1.44. The van der Waals surface area contributed by atoms with Gasteiger partial charge in [-0.15, -0.1) is 0 Å². The summed E-state index contributed by atoms with van der Waals surface area (Å²) in [6, 6.07) is 1.34. The molecule has 1 aliphatic rings. The summed E-state index contributed by atoms with van der Waals surface area (Å²) in [7, 11) is 0. The highest BCUT2D eigenvalue weighted by atomic mass is 19.2. The summed E-state index contributed by atoms with van der Waals surface area (Å²) < 4.78 is 39.0. The molecular weight excluding hydrogens is 273 g/mol. The zero-order valence-corrected chi connectivity index (χ0v) is 10.5. The van der Waals surface area contributed by atoms with Gasteiger partial charge in [-0.05, 0) is 25.0 Å². The van der Waals surface area contributed by atoms with E-state index in [1.807, 2.05) is 0 Å². The van der Waals surface area contributed by atoms with Crippen molar-refractivity contribution < 1.29 is 22.8 Å². The molecule has 0 atom stereocenters. The number of nitrogens with zero attached hydrogens (tertiary/aromatic N) is 1. The van der Waals surface area contributed by atoms with Gasteiger partial charge >= 0.3 is 0 Å². The van der Waals surface area contributed by atoms with Gasteiger partial charge in [0.15, 0.2) is 17.5 Å². The van der Waals surface area contributed by atoms with E-state index >= 15 is 0 Å².